The van der Waals surface area contributed by atoms with E-state index in [4.69, 9.17) is 16.3 Å². The number of hydrogen-bond donors (Lipinski definition) is 0. The zero-order valence-corrected chi connectivity index (χ0v) is 14.9. The third-order valence-electron chi connectivity index (χ3n) is 3.33. The molecule has 0 spiro atoms. The van der Waals surface area contributed by atoms with E-state index in [9.17, 15) is 4.79 Å². The number of ether oxygens (including phenoxy) is 1. The molecule has 23 heavy (non-hydrogen) atoms. The van der Waals surface area contributed by atoms with E-state index in [0.717, 1.165) is 21.1 Å². The number of halogens is 1. The van der Waals surface area contributed by atoms with Crippen LogP contribution in [0.1, 0.15) is 17.4 Å². The molecular weight excluding hydrogens is 377 g/mol. The van der Waals surface area contributed by atoms with Gasteiger partial charge in [-0.05, 0) is 0 Å². The van der Waals surface area contributed by atoms with Crippen LogP contribution in [-0.2, 0) is 4.74 Å². The summed E-state index contributed by atoms with van der Waals surface area (Å²) < 4.78 is 10.7. The number of nitrogens with zero attached hydrogens (tertiary/aromatic N) is 1. The summed E-state index contributed by atoms with van der Waals surface area (Å²) in [5.41, 5.74) is 3.30. The summed E-state index contributed by atoms with van der Waals surface area (Å²) in [7, 11) is 0. The molecule has 3 aromatic rings. The average molecular weight is 391 g/mol. The Morgan fingerprint density at radius 3 is 2.43 bits per heavy atom. The van der Waals surface area contributed by atoms with Gasteiger partial charge in [0.1, 0.15) is 0 Å². The van der Waals surface area contributed by atoms with Gasteiger partial charge in [0.15, 0.2) is 0 Å². The predicted molar refractivity (Wildman–Crippen MR) is 93.0 cm³/mol. The number of carbonyl (C=O) groups excluding carboxylic acids is 1. The molecule has 0 N–H and O–H groups in total. The van der Waals surface area contributed by atoms with E-state index in [1.165, 1.54) is 0 Å². The van der Waals surface area contributed by atoms with E-state index in [1.54, 1.807) is 6.92 Å². The molecule has 0 fully saturated rings. The molecule has 0 aliphatic rings. The topological polar surface area (TPSA) is 39.2 Å². The van der Waals surface area contributed by atoms with Crippen molar-refractivity contribution in [3.8, 4) is 21.1 Å². The molecule has 3 rings (SSSR count). The van der Waals surface area contributed by atoms with Gasteiger partial charge in [-0.3, -0.25) is 0 Å². The second-order valence-electron chi connectivity index (χ2n) is 4.83. The van der Waals surface area contributed by atoms with Gasteiger partial charge in [-0.1, -0.05) is 0 Å². The molecule has 1 aromatic heterocycles. The summed E-state index contributed by atoms with van der Waals surface area (Å²) in [5.74, 6) is -0.364. The van der Waals surface area contributed by atoms with E-state index >= 15 is 0 Å². The van der Waals surface area contributed by atoms with Gasteiger partial charge in [0.2, 0.25) is 0 Å². The van der Waals surface area contributed by atoms with Crippen LogP contribution in [0, 0.1) is 0 Å². The van der Waals surface area contributed by atoms with E-state index in [0.29, 0.717) is 17.3 Å². The molecule has 116 valence electrons. The molecule has 0 saturated carbocycles. The van der Waals surface area contributed by atoms with Crippen molar-refractivity contribution in [2.75, 3.05) is 6.61 Å². The van der Waals surface area contributed by atoms with Gasteiger partial charge in [-0.25, -0.2) is 0 Å². The number of carbonyl (C=O) groups is 1. The summed E-state index contributed by atoms with van der Waals surface area (Å²) in [5, 5.41) is 0.688. The molecule has 0 saturated heterocycles. The fourth-order valence-electron chi connectivity index (χ4n) is 2.30. The molecule has 5 heteroatoms. The Morgan fingerprint density at radius 2 is 1.78 bits per heavy atom. The fraction of sp³-hybridized carbons (Fsp3) is 0.111. The van der Waals surface area contributed by atoms with Crippen LogP contribution in [0.3, 0.4) is 0 Å². The Hall–Kier alpha value is -1.87. The van der Waals surface area contributed by atoms with Gasteiger partial charge in [0.05, 0.1) is 0 Å². The summed E-state index contributed by atoms with van der Waals surface area (Å²) in [6, 6.07) is 17.5. The zero-order valence-electron chi connectivity index (χ0n) is 12.5. The first-order valence-corrected chi connectivity index (χ1v) is 9.19. The van der Waals surface area contributed by atoms with Gasteiger partial charge < -0.3 is 0 Å². The minimum atomic E-state index is -0.364. The average Bonchev–Trinajstić information content (AvgIpc) is 3.01. The van der Waals surface area contributed by atoms with Crippen LogP contribution in [-0.4, -0.2) is 31.3 Å². The summed E-state index contributed by atoms with van der Waals surface area (Å²) in [6.07, 6.45) is 0. The van der Waals surface area contributed by atoms with Crippen LogP contribution >= 0.6 is 11.6 Å². The molecule has 1 heterocycles. The number of rotatable bonds is 4. The molecule has 0 bridgehead atoms. The number of benzene rings is 2. The van der Waals surface area contributed by atoms with Crippen molar-refractivity contribution < 1.29 is 9.53 Å². The van der Waals surface area contributed by atoms with Crippen LogP contribution in [0.2, 0.25) is 5.02 Å². The standard InChI is InChI=1S/C18H14ClNO2Se/c1-2-22-18(21)16-15(12-6-4-3-5-7-12)17(23-20-16)13-8-10-14(19)11-9-13/h3-11H,2H2,1H3. The summed E-state index contributed by atoms with van der Waals surface area (Å²) in [6.45, 7) is 2.13. The van der Waals surface area contributed by atoms with Crippen LogP contribution in [0.5, 0.6) is 0 Å². The second kappa shape index (κ2) is 7.14. The van der Waals surface area contributed by atoms with E-state index < -0.39 is 0 Å². The van der Waals surface area contributed by atoms with E-state index in [2.05, 4.69) is 3.98 Å². The van der Waals surface area contributed by atoms with Crippen molar-refractivity contribution in [3.05, 3.63) is 65.3 Å². The molecule has 0 unspecified atom stereocenters. The molecular formula is C18H14ClNO2Se. The van der Waals surface area contributed by atoms with Crippen molar-refractivity contribution in [3.63, 3.8) is 0 Å². The zero-order chi connectivity index (χ0) is 16.2. The first-order chi connectivity index (χ1) is 11.2. The van der Waals surface area contributed by atoms with Crippen molar-refractivity contribution in [2.24, 2.45) is 0 Å². The molecule has 2 aromatic carbocycles. The molecule has 0 amide bonds. The predicted octanol–water partition coefficient (Wildman–Crippen LogP) is 4.30. The van der Waals surface area contributed by atoms with Crippen molar-refractivity contribution in [1.82, 2.24) is 3.98 Å². The van der Waals surface area contributed by atoms with Crippen molar-refractivity contribution in [2.45, 2.75) is 6.92 Å². The first-order valence-electron chi connectivity index (χ1n) is 7.19. The second-order valence-corrected chi connectivity index (χ2v) is 6.89. The fourth-order valence-corrected chi connectivity index (χ4v) is 4.31. The Kier molecular flexibility index (Phi) is 4.97. The quantitative estimate of drug-likeness (QED) is 0.492. The van der Waals surface area contributed by atoms with Gasteiger partial charge in [0, 0.05) is 0 Å². The maximum atomic E-state index is 12.3. The van der Waals surface area contributed by atoms with Crippen LogP contribution < -0.4 is 0 Å². The molecule has 0 atom stereocenters. The normalized spacial score (nSPS) is 10.5. The Bertz CT molecular complexity index is 813. The van der Waals surface area contributed by atoms with E-state index in [-0.39, 0.29) is 20.7 Å². The number of aromatic nitrogens is 1. The van der Waals surface area contributed by atoms with Crippen molar-refractivity contribution in [1.29, 1.82) is 0 Å². The molecule has 0 aliphatic carbocycles. The third-order valence-corrected chi connectivity index (χ3v) is 5.46. The van der Waals surface area contributed by atoms with Gasteiger partial charge in [0.25, 0.3) is 0 Å². The van der Waals surface area contributed by atoms with Gasteiger partial charge in [-0.2, -0.15) is 0 Å². The number of esters is 1. The first kappa shape index (κ1) is 16.0. The van der Waals surface area contributed by atoms with Crippen LogP contribution in [0.15, 0.2) is 54.6 Å². The van der Waals surface area contributed by atoms with Gasteiger partial charge >= 0.3 is 146 Å². The summed E-state index contributed by atoms with van der Waals surface area (Å²) in [4.78, 5) is 12.3. The summed E-state index contributed by atoms with van der Waals surface area (Å²) >= 11 is 5.81. The Morgan fingerprint density at radius 1 is 1.09 bits per heavy atom. The monoisotopic (exact) mass is 391 g/mol. The van der Waals surface area contributed by atoms with Crippen molar-refractivity contribution >= 4 is 32.3 Å². The molecule has 0 radical (unpaired) electrons. The van der Waals surface area contributed by atoms with Gasteiger partial charge in [-0.15, -0.1) is 0 Å². The minimum absolute atomic E-state index is 0.166. The Balaban J connectivity index is 2.17. The SMILES string of the molecule is CCOC(=O)c1n[se]c(-c2ccc(Cl)cc2)c1-c1ccccc1. The van der Waals surface area contributed by atoms with E-state index in [1.807, 2.05) is 54.6 Å². The molecule has 3 nitrogen and oxygen atoms in total. The Labute approximate surface area is 145 Å². The number of hydrogen-bond acceptors (Lipinski definition) is 3. The van der Waals surface area contributed by atoms with Crippen LogP contribution in [0.4, 0.5) is 0 Å². The third kappa shape index (κ3) is 3.40. The van der Waals surface area contributed by atoms with Crippen LogP contribution in [0.25, 0.3) is 21.1 Å². The maximum absolute atomic E-state index is 12.3. The molecule has 0 aliphatic heterocycles.